The Kier molecular flexibility index (Phi) is 4.82. The zero-order chi connectivity index (χ0) is 15.2. The van der Waals surface area contributed by atoms with Crippen LogP contribution in [-0.2, 0) is 11.2 Å². The molecule has 0 heterocycles. The number of hydrogen-bond donors (Lipinski definition) is 1. The molecule has 0 saturated heterocycles. The highest BCUT2D eigenvalue weighted by molar-refractivity contribution is 5.77. The van der Waals surface area contributed by atoms with Gasteiger partial charge in [-0.25, -0.2) is 0 Å². The van der Waals surface area contributed by atoms with Crippen molar-refractivity contribution in [1.29, 1.82) is 0 Å². The molecular weight excluding hydrogens is 268 g/mol. The second kappa shape index (κ2) is 6.79. The van der Waals surface area contributed by atoms with Gasteiger partial charge in [-0.3, -0.25) is 4.79 Å². The van der Waals surface area contributed by atoms with Crippen LogP contribution in [-0.4, -0.2) is 25.3 Å². The molecule has 0 aliphatic rings. The fourth-order valence-electron chi connectivity index (χ4n) is 2.28. The molecule has 0 amide bonds. The van der Waals surface area contributed by atoms with Crippen molar-refractivity contribution in [3.8, 4) is 11.5 Å². The van der Waals surface area contributed by atoms with Gasteiger partial charge in [0, 0.05) is 5.56 Å². The maximum atomic E-state index is 11.6. The number of benzene rings is 2. The summed E-state index contributed by atoms with van der Waals surface area (Å²) in [5.74, 6) is -0.161. The first-order valence-electron chi connectivity index (χ1n) is 6.64. The van der Waals surface area contributed by atoms with Crippen LogP contribution < -0.4 is 9.47 Å². The van der Waals surface area contributed by atoms with Crippen molar-refractivity contribution in [1.82, 2.24) is 0 Å². The molecule has 0 saturated carbocycles. The second-order valence-corrected chi connectivity index (χ2v) is 4.68. The second-order valence-electron chi connectivity index (χ2n) is 4.68. The van der Waals surface area contributed by atoms with Gasteiger partial charge in [-0.2, -0.15) is 0 Å². The molecule has 0 radical (unpaired) electrons. The molecule has 0 aliphatic carbocycles. The van der Waals surface area contributed by atoms with E-state index in [2.05, 4.69) is 0 Å². The van der Waals surface area contributed by atoms with Gasteiger partial charge in [0.25, 0.3) is 0 Å². The molecule has 0 fully saturated rings. The highest BCUT2D eigenvalue weighted by Gasteiger charge is 2.23. The number of hydrogen-bond acceptors (Lipinski definition) is 3. The molecule has 0 aliphatic heterocycles. The number of ether oxygens (including phenoxy) is 2. The first-order chi connectivity index (χ1) is 10.2. The maximum absolute atomic E-state index is 11.6. The van der Waals surface area contributed by atoms with Crippen molar-refractivity contribution in [3.05, 3.63) is 59.7 Å². The monoisotopic (exact) mass is 286 g/mol. The Morgan fingerprint density at radius 3 is 2.29 bits per heavy atom. The van der Waals surface area contributed by atoms with Crippen molar-refractivity contribution in [3.63, 3.8) is 0 Å². The van der Waals surface area contributed by atoms with Crippen molar-refractivity contribution in [2.45, 2.75) is 12.3 Å². The molecule has 110 valence electrons. The summed E-state index contributed by atoms with van der Waals surface area (Å²) in [7, 11) is 3.15. The Bertz CT molecular complexity index is 604. The lowest BCUT2D eigenvalue weighted by atomic mass is 9.91. The lowest BCUT2D eigenvalue weighted by molar-refractivity contribution is -0.138. The van der Waals surface area contributed by atoms with Crippen LogP contribution in [0.1, 0.15) is 17.0 Å². The minimum atomic E-state index is -0.865. The van der Waals surface area contributed by atoms with Gasteiger partial charge in [0.05, 0.1) is 20.1 Å². The van der Waals surface area contributed by atoms with E-state index in [9.17, 15) is 9.90 Å². The van der Waals surface area contributed by atoms with Gasteiger partial charge in [0.15, 0.2) is 0 Å². The van der Waals surface area contributed by atoms with E-state index in [0.29, 0.717) is 17.7 Å². The Morgan fingerprint density at radius 1 is 1.05 bits per heavy atom. The number of rotatable bonds is 6. The van der Waals surface area contributed by atoms with E-state index in [1.54, 1.807) is 26.4 Å². The van der Waals surface area contributed by atoms with E-state index < -0.39 is 11.9 Å². The summed E-state index contributed by atoms with van der Waals surface area (Å²) in [6.07, 6.45) is 0.402. The van der Waals surface area contributed by atoms with Gasteiger partial charge < -0.3 is 14.6 Å². The summed E-state index contributed by atoms with van der Waals surface area (Å²) < 4.78 is 10.4. The Labute approximate surface area is 123 Å². The van der Waals surface area contributed by atoms with Crippen molar-refractivity contribution >= 4 is 5.97 Å². The molecule has 0 bridgehead atoms. The summed E-state index contributed by atoms with van der Waals surface area (Å²) in [5.41, 5.74) is 1.62. The minimum absolute atomic E-state index is 0.402. The van der Waals surface area contributed by atoms with E-state index in [4.69, 9.17) is 9.47 Å². The Balaban J connectivity index is 2.28. The van der Waals surface area contributed by atoms with E-state index in [1.165, 1.54) is 0 Å². The third-order valence-electron chi connectivity index (χ3n) is 3.41. The molecule has 0 aromatic heterocycles. The number of aliphatic carboxylic acids is 1. The maximum Gasteiger partial charge on any atom is 0.311 e. The van der Waals surface area contributed by atoms with Crippen LogP contribution in [0.5, 0.6) is 11.5 Å². The van der Waals surface area contributed by atoms with Crippen LogP contribution in [0.2, 0.25) is 0 Å². The quantitative estimate of drug-likeness (QED) is 0.886. The number of carboxylic acid groups (broad SMARTS) is 1. The molecule has 4 heteroatoms. The summed E-state index contributed by atoms with van der Waals surface area (Å²) in [6, 6.07) is 14.6. The highest BCUT2D eigenvalue weighted by atomic mass is 16.5. The summed E-state index contributed by atoms with van der Waals surface area (Å²) in [4.78, 5) is 11.6. The van der Waals surface area contributed by atoms with Crippen LogP contribution in [0.15, 0.2) is 48.5 Å². The van der Waals surface area contributed by atoms with Crippen molar-refractivity contribution in [2.75, 3.05) is 14.2 Å². The molecule has 21 heavy (non-hydrogen) atoms. The lowest BCUT2D eigenvalue weighted by Gasteiger charge is -2.16. The largest absolute Gasteiger partial charge is 0.497 e. The van der Waals surface area contributed by atoms with Gasteiger partial charge in [-0.05, 0) is 30.2 Å². The Hall–Kier alpha value is -2.49. The molecule has 1 atom stereocenters. The van der Waals surface area contributed by atoms with Crippen molar-refractivity contribution < 1.29 is 19.4 Å². The third-order valence-corrected chi connectivity index (χ3v) is 3.41. The van der Waals surface area contributed by atoms with Gasteiger partial charge in [0.1, 0.15) is 11.5 Å². The Morgan fingerprint density at radius 2 is 1.71 bits per heavy atom. The fourth-order valence-corrected chi connectivity index (χ4v) is 2.28. The van der Waals surface area contributed by atoms with E-state index in [0.717, 1.165) is 11.3 Å². The van der Waals surface area contributed by atoms with Crippen LogP contribution in [0.4, 0.5) is 0 Å². The molecule has 2 aromatic carbocycles. The average Bonchev–Trinajstić information content (AvgIpc) is 2.53. The third kappa shape index (κ3) is 3.54. The number of methoxy groups -OCH3 is 2. The lowest BCUT2D eigenvalue weighted by Crippen LogP contribution is -2.15. The number of para-hydroxylation sites is 1. The average molecular weight is 286 g/mol. The van der Waals surface area contributed by atoms with Gasteiger partial charge in [-0.15, -0.1) is 0 Å². The molecule has 2 aromatic rings. The first kappa shape index (κ1) is 14.9. The van der Waals surface area contributed by atoms with Crippen molar-refractivity contribution in [2.24, 2.45) is 0 Å². The molecule has 4 nitrogen and oxygen atoms in total. The summed E-state index contributed by atoms with van der Waals surface area (Å²) in [5, 5.41) is 9.53. The van der Waals surface area contributed by atoms with Crippen LogP contribution in [0, 0.1) is 0 Å². The number of carboxylic acids is 1. The molecule has 2 rings (SSSR count). The highest BCUT2D eigenvalue weighted by Crippen LogP contribution is 2.29. The molecule has 1 N–H and O–H groups in total. The normalized spacial score (nSPS) is 11.7. The van der Waals surface area contributed by atoms with Crippen LogP contribution in [0.25, 0.3) is 0 Å². The fraction of sp³-hybridized carbons (Fsp3) is 0.235. The zero-order valence-corrected chi connectivity index (χ0v) is 12.1. The summed E-state index contributed by atoms with van der Waals surface area (Å²) >= 11 is 0. The number of carbonyl (C=O) groups is 1. The first-order valence-corrected chi connectivity index (χ1v) is 6.64. The van der Waals surface area contributed by atoms with Crippen LogP contribution >= 0.6 is 0 Å². The molecular formula is C17H18O4. The molecule has 1 unspecified atom stereocenters. The van der Waals surface area contributed by atoms with Gasteiger partial charge in [-0.1, -0.05) is 30.3 Å². The van der Waals surface area contributed by atoms with Gasteiger partial charge in [0.2, 0.25) is 0 Å². The topological polar surface area (TPSA) is 55.8 Å². The standard InChI is InChI=1S/C17H18O4/c1-20-13-9-7-12(8-10-13)11-15(17(18)19)14-5-3-4-6-16(14)21-2/h3-10,15H,11H2,1-2H3,(H,18,19). The van der Waals surface area contributed by atoms with Gasteiger partial charge >= 0.3 is 5.97 Å². The van der Waals surface area contributed by atoms with E-state index in [-0.39, 0.29) is 0 Å². The van der Waals surface area contributed by atoms with E-state index in [1.807, 2.05) is 36.4 Å². The SMILES string of the molecule is COc1ccc(CC(C(=O)O)c2ccccc2OC)cc1. The predicted octanol–water partition coefficient (Wildman–Crippen LogP) is 3.11. The predicted molar refractivity (Wildman–Crippen MR) is 80.1 cm³/mol. The minimum Gasteiger partial charge on any atom is -0.497 e. The molecule has 0 spiro atoms. The van der Waals surface area contributed by atoms with E-state index >= 15 is 0 Å². The zero-order valence-electron chi connectivity index (χ0n) is 12.1. The summed E-state index contributed by atoms with van der Waals surface area (Å²) in [6.45, 7) is 0. The van der Waals surface area contributed by atoms with Crippen LogP contribution in [0.3, 0.4) is 0 Å². The smallest absolute Gasteiger partial charge is 0.311 e.